The van der Waals surface area contributed by atoms with Gasteiger partial charge in [0.1, 0.15) is 0 Å². The molecule has 0 saturated carbocycles. The number of carbonyl (C=O) groups is 2. The molecule has 0 fully saturated rings. The quantitative estimate of drug-likeness (QED) is 0.107. The van der Waals surface area contributed by atoms with Gasteiger partial charge in [0, 0.05) is 24.0 Å². The zero-order valence-electron chi connectivity index (χ0n) is 24.5. The molecular weight excluding hydrogens is 524 g/mol. The van der Waals surface area contributed by atoms with Crippen LogP contribution < -0.4 is 0 Å². The first kappa shape index (κ1) is 30.1. The zero-order valence-corrected chi connectivity index (χ0v) is 24.5. The van der Waals surface area contributed by atoms with E-state index in [2.05, 4.69) is 9.98 Å². The van der Waals surface area contributed by atoms with Gasteiger partial charge in [0.25, 0.3) is 0 Å². The molecule has 6 nitrogen and oxygen atoms in total. The number of Topliss-reactive ketones (excluding diaryl/α,β-unsaturated/α-hetero) is 2. The number of rotatable bonds is 11. The highest BCUT2D eigenvalue weighted by atomic mass is 16.5. The normalized spacial score (nSPS) is 12.0. The zero-order chi connectivity index (χ0) is 29.9. The number of hydrogen-bond acceptors (Lipinski definition) is 6. The Bertz CT molecular complexity index is 1400. The lowest BCUT2D eigenvalue weighted by Gasteiger charge is -2.13. The van der Waals surface area contributed by atoms with Gasteiger partial charge >= 0.3 is 0 Å². The molecule has 0 saturated heterocycles. The summed E-state index contributed by atoms with van der Waals surface area (Å²) in [4.78, 5) is 34.8. The Morgan fingerprint density at radius 2 is 0.857 bits per heavy atom. The highest BCUT2D eigenvalue weighted by molar-refractivity contribution is 6.38. The maximum atomic E-state index is 12.7. The van der Waals surface area contributed by atoms with E-state index in [-0.39, 0.29) is 25.0 Å². The highest BCUT2D eigenvalue weighted by Crippen LogP contribution is 2.19. The van der Waals surface area contributed by atoms with E-state index in [0.29, 0.717) is 23.2 Å². The minimum absolute atomic E-state index is 0.0264. The largest absolute Gasteiger partial charge is 0.475 e. The number of carbonyl (C=O) groups excluding carboxylic acids is 2. The summed E-state index contributed by atoms with van der Waals surface area (Å²) in [5.41, 5.74) is 4.68. The number of nitrogens with zero attached hydrogens (tertiary/aromatic N) is 2. The van der Waals surface area contributed by atoms with E-state index >= 15 is 0 Å². The van der Waals surface area contributed by atoms with Crippen LogP contribution in [0.2, 0.25) is 0 Å². The molecule has 4 aromatic carbocycles. The highest BCUT2D eigenvalue weighted by Gasteiger charge is 2.16. The second kappa shape index (κ2) is 14.7. The van der Waals surface area contributed by atoms with E-state index < -0.39 is 11.6 Å². The second-order valence-electron chi connectivity index (χ2n) is 10.4. The summed E-state index contributed by atoms with van der Waals surface area (Å²) < 4.78 is 11.8. The van der Waals surface area contributed by atoms with Crippen molar-refractivity contribution in [1.29, 1.82) is 0 Å². The molecule has 0 aliphatic heterocycles. The Morgan fingerprint density at radius 1 is 0.524 bits per heavy atom. The first-order chi connectivity index (χ1) is 20.3. The van der Waals surface area contributed by atoms with E-state index in [1.54, 1.807) is 0 Å². The summed E-state index contributed by atoms with van der Waals surface area (Å²) in [7, 11) is 0. The molecule has 0 radical (unpaired) electrons. The van der Waals surface area contributed by atoms with E-state index in [1.165, 1.54) is 0 Å². The van der Waals surface area contributed by atoms with Crippen molar-refractivity contribution in [1.82, 2.24) is 0 Å². The molecule has 0 heterocycles. The Labute approximate surface area is 247 Å². The maximum Gasteiger partial charge on any atom is 0.221 e. The van der Waals surface area contributed by atoms with E-state index in [0.717, 1.165) is 22.3 Å². The van der Waals surface area contributed by atoms with Crippen LogP contribution in [0, 0.1) is 0 Å². The summed E-state index contributed by atoms with van der Waals surface area (Å²) in [6.45, 7) is 7.82. The van der Waals surface area contributed by atoms with Gasteiger partial charge in [0.05, 0.1) is 23.6 Å². The number of benzene rings is 4. The van der Waals surface area contributed by atoms with Gasteiger partial charge in [-0.05, 0) is 87.4 Å². The van der Waals surface area contributed by atoms with Crippen LogP contribution in [0.3, 0.4) is 0 Å². The number of hydrogen-bond donors (Lipinski definition) is 0. The van der Waals surface area contributed by atoms with Gasteiger partial charge in [-0.2, -0.15) is 0 Å². The Kier molecular flexibility index (Phi) is 10.5. The fourth-order valence-corrected chi connectivity index (χ4v) is 4.11. The standard InChI is InChI=1S/C36H36N2O4/c1-25(2)41-35(29-11-7-5-8-12-29)37-31-19-15-27(16-20-31)23-33(39)34(40)24-28-17-21-32(22-18-28)38-36(42-26(3)4)30-13-9-6-10-14-30/h5-22,25-26H,23-24H2,1-4H3. The maximum absolute atomic E-state index is 12.7. The van der Waals surface area contributed by atoms with E-state index in [1.807, 2.05) is 137 Å². The van der Waals surface area contributed by atoms with Crippen molar-refractivity contribution < 1.29 is 19.1 Å². The molecular formula is C36H36N2O4. The first-order valence-electron chi connectivity index (χ1n) is 14.1. The number of aliphatic imine (C=N–C) groups is 2. The summed E-state index contributed by atoms with van der Waals surface area (Å²) in [5.74, 6) is 0.200. The molecule has 214 valence electrons. The van der Waals surface area contributed by atoms with Crippen LogP contribution in [0.1, 0.15) is 49.9 Å². The third-order valence-corrected chi connectivity index (χ3v) is 6.11. The topological polar surface area (TPSA) is 77.3 Å². The van der Waals surface area contributed by atoms with Crippen LogP contribution in [0.5, 0.6) is 0 Å². The number of ketones is 2. The van der Waals surface area contributed by atoms with Crippen LogP contribution >= 0.6 is 0 Å². The van der Waals surface area contributed by atoms with Gasteiger partial charge in [0.2, 0.25) is 23.4 Å². The van der Waals surface area contributed by atoms with Gasteiger partial charge in [-0.15, -0.1) is 0 Å². The molecule has 42 heavy (non-hydrogen) atoms. The van der Waals surface area contributed by atoms with Crippen molar-refractivity contribution in [2.24, 2.45) is 9.98 Å². The van der Waals surface area contributed by atoms with E-state index in [9.17, 15) is 9.59 Å². The SMILES string of the molecule is CC(C)OC(=Nc1ccc(CC(=O)C(=O)Cc2ccc(N=C(OC(C)C)c3ccccc3)cc2)cc1)c1ccccc1. The van der Waals surface area contributed by atoms with Crippen LogP contribution in [0.15, 0.2) is 119 Å². The average Bonchev–Trinajstić information content (AvgIpc) is 2.99. The molecule has 0 bridgehead atoms. The van der Waals surface area contributed by atoms with Crippen molar-refractivity contribution >= 4 is 34.7 Å². The molecule has 4 aromatic rings. The first-order valence-corrected chi connectivity index (χ1v) is 14.1. The summed E-state index contributed by atoms with van der Waals surface area (Å²) in [6.07, 6.45) is 0.0150. The van der Waals surface area contributed by atoms with Crippen molar-refractivity contribution in [2.45, 2.75) is 52.7 Å². The molecule has 0 amide bonds. The molecule has 0 aliphatic carbocycles. The average molecular weight is 561 g/mol. The van der Waals surface area contributed by atoms with E-state index in [4.69, 9.17) is 9.47 Å². The molecule has 0 N–H and O–H groups in total. The molecule has 6 heteroatoms. The summed E-state index contributed by atoms with van der Waals surface area (Å²) >= 11 is 0. The lowest BCUT2D eigenvalue weighted by Crippen LogP contribution is -2.18. The molecule has 0 aromatic heterocycles. The van der Waals surface area contributed by atoms with Crippen molar-refractivity contribution in [3.63, 3.8) is 0 Å². The molecule has 0 spiro atoms. The third kappa shape index (κ3) is 9.10. The minimum atomic E-state index is -0.432. The smallest absolute Gasteiger partial charge is 0.221 e. The third-order valence-electron chi connectivity index (χ3n) is 6.11. The van der Waals surface area contributed by atoms with Crippen molar-refractivity contribution in [2.75, 3.05) is 0 Å². The minimum Gasteiger partial charge on any atom is -0.475 e. The Balaban J connectivity index is 1.38. The van der Waals surface area contributed by atoms with Crippen molar-refractivity contribution in [3.05, 3.63) is 131 Å². The predicted molar refractivity (Wildman–Crippen MR) is 168 cm³/mol. The Morgan fingerprint density at radius 3 is 1.17 bits per heavy atom. The van der Waals surface area contributed by atoms with Gasteiger partial charge in [-0.3, -0.25) is 9.59 Å². The molecule has 0 unspecified atom stereocenters. The summed E-state index contributed by atoms with van der Waals surface area (Å²) in [5, 5.41) is 0. The van der Waals surface area contributed by atoms with Crippen LogP contribution in [0.4, 0.5) is 11.4 Å². The fraction of sp³-hybridized carbons (Fsp3) is 0.222. The molecule has 0 atom stereocenters. The molecule has 0 aliphatic rings. The summed E-state index contributed by atoms with van der Waals surface area (Å²) in [6, 6.07) is 34.0. The van der Waals surface area contributed by atoms with Crippen LogP contribution in [0.25, 0.3) is 0 Å². The van der Waals surface area contributed by atoms with Crippen LogP contribution in [-0.4, -0.2) is 35.6 Å². The van der Waals surface area contributed by atoms with Gasteiger partial charge in [0.15, 0.2) is 0 Å². The Hall–Kier alpha value is -4.84. The van der Waals surface area contributed by atoms with Crippen molar-refractivity contribution in [3.8, 4) is 0 Å². The number of ether oxygens (including phenoxy) is 2. The van der Waals surface area contributed by atoms with Gasteiger partial charge in [-0.25, -0.2) is 9.98 Å². The van der Waals surface area contributed by atoms with Crippen LogP contribution in [-0.2, 0) is 31.9 Å². The lowest BCUT2D eigenvalue weighted by molar-refractivity contribution is -0.135. The second-order valence-corrected chi connectivity index (χ2v) is 10.4. The van der Waals surface area contributed by atoms with Gasteiger partial charge < -0.3 is 9.47 Å². The fourth-order valence-electron chi connectivity index (χ4n) is 4.11. The lowest BCUT2D eigenvalue weighted by atomic mass is 10.0. The monoisotopic (exact) mass is 560 g/mol. The van der Waals surface area contributed by atoms with Gasteiger partial charge in [-0.1, -0.05) is 60.7 Å². The predicted octanol–water partition coefficient (Wildman–Crippen LogP) is 7.62. The molecule has 4 rings (SSSR count).